The number of hydrogen-bond acceptors (Lipinski definition) is 6. The fourth-order valence-corrected chi connectivity index (χ4v) is 2.59. The van der Waals surface area contributed by atoms with Crippen LogP contribution in [0.1, 0.15) is 16.2 Å². The molecule has 8 nitrogen and oxygen atoms in total. The summed E-state index contributed by atoms with van der Waals surface area (Å²) in [4.78, 5) is 28.9. The predicted molar refractivity (Wildman–Crippen MR) is 101 cm³/mol. The third-order valence-corrected chi connectivity index (χ3v) is 3.93. The van der Waals surface area contributed by atoms with E-state index >= 15 is 0 Å². The number of nitrogens with zero attached hydrogens (tertiary/aromatic N) is 3. The Morgan fingerprint density at radius 2 is 1.96 bits per heavy atom. The molecule has 0 saturated carbocycles. The van der Waals surface area contributed by atoms with E-state index in [-0.39, 0.29) is 17.8 Å². The van der Waals surface area contributed by atoms with Crippen molar-refractivity contribution in [2.45, 2.75) is 6.54 Å². The van der Waals surface area contributed by atoms with Gasteiger partial charge in [0, 0.05) is 37.5 Å². The molecule has 3 rings (SSSR count). The smallest absolute Gasteiger partial charge is 0.270 e. The molecule has 0 bridgehead atoms. The summed E-state index contributed by atoms with van der Waals surface area (Å²) in [6.45, 7) is 0.0707. The van der Waals surface area contributed by atoms with Crippen LogP contribution in [0.15, 0.2) is 59.1 Å². The third kappa shape index (κ3) is 4.12. The van der Waals surface area contributed by atoms with Gasteiger partial charge >= 0.3 is 0 Å². The van der Waals surface area contributed by atoms with Crippen molar-refractivity contribution >= 4 is 17.3 Å². The predicted octanol–water partition coefficient (Wildman–Crippen LogP) is 3.25. The molecule has 0 unspecified atom stereocenters. The Balaban J connectivity index is 1.75. The van der Waals surface area contributed by atoms with Crippen LogP contribution >= 0.6 is 0 Å². The standard InChI is InChI=1S/C19H18N4O4/c1-22(2)16-9-8-14(23(25)26)10-15(16)19(24)21-12-18-20-11-17(27-18)13-6-4-3-5-7-13/h3-11H,12H2,1-2H3,(H,21,24). The van der Waals surface area contributed by atoms with E-state index in [9.17, 15) is 14.9 Å². The Hall–Kier alpha value is -3.68. The fourth-order valence-electron chi connectivity index (χ4n) is 2.59. The first-order valence-electron chi connectivity index (χ1n) is 8.20. The molecule has 0 aliphatic heterocycles. The number of amides is 1. The molecule has 1 aromatic heterocycles. The van der Waals surface area contributed by atoms with Crippen LogP contribution in [-0.4, -0.2) is 29.9 Å². The van der Waals surface area contributed by atoms with Crippen molar-refractivity contribution in [1.29, 1.82) is 0 Å². The van der Waals surface area contributed by atoms with Crippen LogP contribution in [0.25, 0.3) is 11.3 Å². The first kappa shape index (κ1) is 18.1. The molecule has 0 fully saturated rings. The number of aromatic nitrogens is 1. The van der Waals surface area contributed by atoms with Gasteiger partial charge in [-0.15, -0.1) is 0 Å². The van der Waals surface area contributed by atoms with Crippen LogP contribution in [0.4, 0.5) is 11.4 Å². The largest absolute Gasteiger partial charge is 0.439 e. The number of carbonyl (C=O) groups excluding carboxylic acids is 1. The number of anilines is 1. The van der Waals surface area contributed by atoms with Gasteiger partial charge < -0.3 is 14.6 Å². The van der Waals surface area contributed by atoms with Gasteiger partial charge in [0.25, 0.3) is 11.6 Å². The highest BCUT2D eigenvalue weighted by atomic mass is 16.6. The SMILES string of the molecule is CN(C)c1ccc([N+](=O)[O-])cc1C(=O)NCc1ncc(-c2ccccc2)o1. The molecule has 8 heteroatoms. The van der Waals surface area contributed by atoms with E-state index in [2.05, 4.69) is 10.3 Å². The van der Waals surface area contributed by atoms with Crippen LogP contribution < -0.4 is 10.2 Å². The number of rotatable bonds is 6. The van der Waals surface area contributed by atoms with Gasteiger partial charge in [0.1, 0.15) is 0 Å². The number of nitrogens with one attached hydrogen (secondary N) is 1. The highest BCUT2D eigenvalue weighted by Crippen LogP contribution is 2.24. The Bertz CT molecular complexity index is 967. The molecule has 1 heterocycles. The third-order valence-electron chi connectivity index (χ3n) is 3.93. The van der Waals surface area contributed by atoms with Crippen molar-refractivity contribution in [3.8, 4) is 11.3 Å². The molecule has 27 heavy (non-hydrogen) atoms. The van der Waals surface area contributed by atoms with Crippen molar-refractivity contribution in [1.82, 2.24) is 10.3 Å². The van der Waals surface area contributed by atoms with Gasteiger partial charge in [-0.05, 0) is 6.07 Å². The van der Waals surface area contributed by atoms with E-state index in [1.54, 1.807) is 31.3 Å². The van der Waals surface area contributed by atoms with Gasteiger partial charge in [-0.2, -0.15) is 0 Å². The van der Waals surface area contributed by atoms with Crippen molar-refractivity contribution in [2.24, 2.45) is 0 Å². The second-order valence-electron chi connectivity index (χ2n) is 6.02. The minimum atomic E-state index is -0.531. The molecule has 2 aromatic carbocycles. The Kier molecular flexibility index (Phi) is 5.16. The van der Waals surface area contributed by atoms with E-state index in [0.29, 0.717) is 17.3 Å². The fraction of sp³-hybridized carbons (Fsp3) is 0.158. The average molecular weight is 366 g/mol. The highest BCUT2D eigenvalue weighted by Gasteiger charge is 2.18. The lowest BCUT2D eigenvalue weighted by Gasteiger charge is -2.16. The number of carbonyl (C=O) groups is 1. The Morgan fingerprint density at radius 3 is 2.63 bits per heavy atom. The van der Waals surface area contributed by atoms with Gasteiger partial charge in [0.2, 0.25) is 5.89 Å². The monoisotopic (exact) mass is 366 g/mol. The number of nitro benzene ring substituents is 1. The van der Waals surface area contributed by atoms with Gasteiger partial charge in [-0.3, -0.25) is 14.9 Å². The number of non-ortho nitro benzene ring substituents is 1. The molecule has 3 aromatic rings. The van der Waals surface area contributed by atoms with Gasteiger partial charge in [-0.25, -0.2) is 4.98 Å². The second kappa shape index (κ2) is 7.69. The van der Waals surface area contributed by atoms with Gasteiger partial charge in [0.15, 0.2) is 5.76 Å². The van der Waals surface area contributed by atoms with Gasteiger partial charge in [-0.1, -0.05) is 30.3 Å². The van der Waals surface area contributed by atoms with E-state index in [1.807, 2.05) is 30.3 Å². The molecule has 0 radical (unpaired) electrons. The maximum atomic E-state index is 12.6. The molecule has 1 amide bonds. The van der Waals surface area contributed by atoms with Crippen LogP contribution in [0, 0.1) is 10.1 Å². The molecule has 0 saturated heterocycles. The van der Waals surface area contributed by atoms with E-state index in [1.165, 1.54) is 12.1 Å². The molecule has 0 spiro atoms. The summed E-state index contributed by atoms with van der Waals surface area (Å²) >= 11 is 0. The van der Waals surface area contributed by atoms with E-state index < -0.39 is 10.8 Å². The van der Waals surface area contributed by atoms with Crippen molar-refractivity contribution in [3.63, 3.8) is 0 Å². The number of benzene rings is 2. The Labute approximate surface area is 155 Å². The first-order valence-corrected chi connectivity index (χ1v) is 8.20. The molecule has 138 valence electrons. The van der Waals surface area contributed by atoms with Crippen LogP contribution in [0.5, 0.6) is 0 Å². The van der Waals surface area contributed by atoms with E-state index in [4.69, 9.17) is 4.42 Å². The zero-order valence-corrected chi connectivity index (χ0v) is 14.9. The molecule has 1 N–H and O–H groups in total. The lowest BCUT2D eigenvalue weighted by molar-refractivity contribution is -0.384. The van der Waals surface area contributed by atoms with Crippen LogP contribution in [0.3, 0.4) is 0 Å². The molecule has 0 aliphatic carbocycles. The number of hydrogen-bond donors (Lipinski definition) is 1. The summed E-state index contributed by atoms with van der Waals surface area (Å²) in [6.07, 6.45) is 1.59. The summed E-state index contributed by atoms with van der Waals surface area (Å²) in [5.74, 6) is 0.505. The number of oxazole rings is 1. The minimum Gasteiger partial charge on any atom is -0.439 e. The topological polar surface area (TPSA) is 102 Å². The lowest BCUT2D eigenvalue weighted by atomic mass is 10.1. The maximum absolute atomic E-state index is 12.6. The summed E-state index contributed by atoms with van der Waals surface area (Å²) in [7, 11) is 3.52. The lowest BCUT2D eigenvalue weighted by Crippen LogP contribution is -2.25. The van der Waals surface area contributed by atoms with E-state index in [0.717, 1.165) is 5.56 Å². The molecule has 0 aliphatic rings. The highest BCUT2D eigenvalue weighted by molar-refractivity contribution is 6.00. The second-order valence-corrected chi connectivity index (χ2v) is 6.02. The van der Waals surface area contributed by atoms with Crippen LogP contribution in [-0.2, 0) is 6.54 Å². The summed E-state index contributed by atoms with van der Waals surface area (Å²) in [6, 6.07) is 13.7. The summed E-state index contributed by atoms with van der Waals surface area (Å²) in [5, 5.41) is 13.7. The normalized spacial score (nSPS) is 10.4. The number of nitro groups is 1. The quantitative estimate of drug-likeness (QED) is 0.531. The zero-order valence-electron chi connectivity index (χ0n) is 14.9. The van der Waals surface area contributed by atoms with Crippen molar-refractivity contribution in [3.05, 3.63) is 76.3 Å². The first-order chi connectivity index (χ1) is 13.0. The zero-order chi connectivity index (χ0) is 19.4. The minimum absolute atomic E-state index is 0.0707. The summed E-state index contributed by atoms with van der Waals surface area (Å²) in [5.41, 5.74) is 1.53. The maximum Gasteiger partial charge on any atom is 0.270 e. The average Bonchev–Trinajstić information content (AvgIpc) is 3.15. The summed E-state index contributed by atoms with van der Waals surface area (Å²) < 4.78 is 5.65. The molecular weight excluding hydrogens is 348 g/mol. The van der Waals surface area contributed by atoms with Crippen molar-refractivity contribution in [2.75, 3.05) is 19.0 Å². The molecular formula is C19H18N4O4. The van der Waals surface area contributed by atoms with Gasteiger partial charge in [0.05, 0.1) is 23.2 Å². The van der Waals surface area contributed by atoms with Crippen LogP contribution in [0.2, 0.25) is 0 Å². The Morgan fingerprint density at radius 1 is 1.22 bits per heavy atom. The van der Waals surface area contributed by atoms with Crippen molar-refractivity contribution < 1.29 is 14.1 Å². The molecule has 0 atom stereocenters.